The monoisotopic (exact) mass is 270 g/mol. The van der Waals surface area contributed by atoms with Crippen LogP contribution in [0.3, 0.4) is 0 Å². The Morgan fingerprint density at radius 2 is 1.90 bits per heavy atom. The number of hydrogen-bond acceptors (Lipinski definition) is 2. The zero-order valence-corrected chi connectivity index (χ0v) is 12.5. The Labute approximate surface area is 120 Å². The molecule has 2 aromatic rings. The summed E-state index contributed by atoms with van der Waals surface area (Å²) in [5.74, 6) is 0.211. The zero-order valence-electron chi connectivity index (χ0n) is 12.5. The molecule has 0 saturated heterocycles. The standard InChI is InChI=1S/C17H22N2O/c1-4-14(3)19-10-9-16(18-19)12-17(20)11-15-7-5-13(2)6-8-15/h5-10,14H,4,11-12H2,1-3H3. The van der Waals surface area contributed by atoms with Crippen molar-refractivity contribution in [1.82, 2.24) is 9.78 Å². The number of carbonyl (C=O) groups excluding carboxylic acids is 1. The quantitative estimate of drug-likeness (QED) is 0.805. The van der Waals surface area contributed by atoms with E-state index in [9.17, 15) is 4.79 Å². The lowest BCUT2D eigenvalue weighted by atomic mass is 10.0. The van der Waals surface area contributed by atoms with Crippen LogP contribution in [-0.4, -0.2) is 15.6 Å². The second kappa shape index (κ2) is 6.51. The highest BCUT2D eigenvalue weighted by molar-refractivity contribution is 5.82. The minimum atomic E-state index is 0.211. The topological polar surface area (TPSA) is 34.9 Å². The Balaban J connectivity index is 1.94. The minimum absolute atomic E-state index is 0.211. The first-order chi connectivity index (χ1) is 9.58. The van der Waals surface area contributed by atoms with Crippen molar-refractivity contribution in [3.8, 4) is 0 Å². The van der Waals surface area contributed by atoms with Crippen molar-refractivity contribution in [3.63, 3.8) is 0 Å². The van der Waals surface area contributed by atoms with Gasteiger partial charge in [-0.25, -0.2) is 0 Å². The van der Waals surface area contributed by atoms with E-state index in [4.69, 9.17) is 0 Å². The van der Waals surface area contributed by atoms with Crippen molar-refractivity contribution < 1.29 is 4.79 Å². The third kappa shape index (κ3) is 3.80. The van der Waals surface area contributed by atoms with Gasteiger partial charge in [-0.15, -0.1) is 0 Å². The highest BCUT2D eigenvalue weighted by Crippen LogP contribution is 2.11. The Bertz CT molecular complexity index is 569. The predicted octanol–water partition coefficient (Wildman–Crippen LogP) is 3.52. The van der Waals surface area contributed by atoms with Crippen LogP contribution >= 0.6 is 0 Å². The van der Waals surface area contributed by atoms with E-state index >= 15 is 0 Å². The first-order valence-electron chi connectivity index (χ1n) is 7.19. The molecule has 1 unspecified atom stereocenters. The maximum atomic E-state index is 12.1. The summed E-state index contributed by atoms with van der Waals surface area (Å²) in [6.07, 6.45) is 3.90. The fourth-order valence-corrected chi connectivity index (χ4v) is 2.10. The lowest BCUT2D eigenvalue weighted by Crippen LogP contribution is -2.09. The molecule has 106 valence electrons. The zero-order chi connectivity index (χ0) is 14.5. The third-order valence-electron chi connectivity index (χ3n) is 3.61. The van der Waals surface area contributed by atoms with Crippen LogP contribution in [0.2, 0.25) is 0 Å². The number of nitrogens with zero attached hydrogens (tertiary/aromatic N) is 2. The summed E-state index contributed by atoms with van der Waals surface area (Å²) in [4.78, 5) is 12.1. The Morgan fingerprint density at radius 1 is 1.20 bits per heavy atom. The van der Waals surface area contributed by atoms with E-state index in [1.54, 1.807) is 0 Å². The van der Waals surface area contributed by atoms with Crippen molar-refractivity contribution in [1.29, 1.82) is 0 Å². The molecule has 0 aliphatic carbocycles. The molecule has 1 atom stereocenters. The molecule has 1 aromatic heterocycles. The average molecular weight is 270 g/mol. The van der Waals surface area contributed by atoms with Crippen LogP contribution in [0.4, 0.5) is 0 Å². The maximum absolute atomic E-state index is 12.1. The number of Topliss-reactive ketones (excluding diaryl/α,β-unsaturated/α-hetero) is 1. The van der Waals surface area contributed by atoms with Crippen LogP contribution in [0.15, 0.2) is 36.5 Å². The van der Waals surface area contributed by atoms with Gasteiger partial charge in [-0.3, -0.25) is 9.48 Å². The fourth-order valence-electron chi connectivity index (χ4n) is 2.10. The summed E-state index contributed by atoms with van der Waals surface area (Å²) < 4.78 is 1.94. The van der Waals surface area contributed by atoms with Crippen molar-refractivity contribution >= 4 is 5.78 Å². The number of benzene rings is 1. The third-order valence-corrected chi connectivity index (χ3v) is 3.61. The van der Waals surface area contributed by atoms with E-state index in [2.05, 4.69) is 18.9 Å². The van der Waals surface area contributed by atoms with Crippen molar-refractivity contribution in [2.75, 3.05) is 0 Å². The number of hydrogen-bond donors (Lipinski definition) is 0. The average Bonchev–Trinajstić information content (AvgIpc) is 2.89. The van der Waals surface area contributed by atoms with Crippen LogP contribution in [-0.2, 0) is 17.6 Å². The molecule has 0 spiro atoms. The smallest absolute Gasteiger partial charge is 0.143 e. The van der Waals surface area contributed by atoms with Gasteiger partial charge in [0.25, 0.3) is 0 Å². The van der Waals surface area contributed by atoms with Crippen LogP contribution < -0.4 is 0 Å². The molecule has 0 saturated carbocycles. The van der Waals surface area contributed by atoms with E-state index in [1.165, 1.54) is 5.56 Å². The number of aryl methyl sites for hydroxylation is 1. The van der Waals surface area contributed by atoms with Gasteiger partial charge in [0.1, 0.15) is 5.78 Å². The molecule has 0 bridgehead atoms. The van der Waals surface area contributed by atoms with Crippen LogP contribution in [0.25, 0.3) is 0 Å². The van der Waals surface area contributed by atoms with Gasteiger partial charge in [0.15, 0.2) is 0 Å². The van der Waals surface area contributed by atoms with E-state index in [1.807, 2.05) is 48.1 Å². The lowest BCUT2D eigenvalue weighted by molar-refractivity contribution is -0.117. The number of carbonyl (C=O) groups is 1. The summed E-state index contributed by atoms with van der Waals surface area (Å²) in [7, 11) is 0. The Morgan fingerprint density at radius 3 is 2.55 bits per heavy atom. The molecule has 0 aliphatic rings. The van der Waals surface area contributed by atoms with Gasteiger partial charge in [-0.05, 0) is 31.9 Å². The molecule has 0 fully saturated rings. The van der Waals surface area contributed by atoms with E-state index < -0.39 is 0 Å². The largest absolute Gasteiger partial charge is 0.299 e. The summed E-state index contributed by atoms with van der Waals surface area (Å²) >= 11 is 0. The first kappa shape index (κ1) is 14.5. The van der Waals surface area contributed by atoms with Gasteiger partial charge in [0.2, 0.25) is 0 Å². The maximum Gasteiger partial charge on any atom is 0.143 e. The van der Waals surface area contributed by atoms with Crippen LogP contribution in [0.5, 0.6) is 0 Å². The molecule has 1 aromatic carbocycles. The predicted molar refractivity (Wildman–Crippen MR) is 80.8 cm³/mol. The van der Waals surface area contributed by atoms with Crippen LogP contribution in [0.1, 0.15) is 43.1 Å². The molecule has 0 aliphatic heterocycles. The van der Waals surface area contributed by atoms with Gasteiger partial charge in [0, 0.05) is 18.7 Å². The summed E-state index contributed by atoms with van der Waals surface area (Å²) in [5, 5.41) is 4.47. The molecule has 1 heterocycles. The molecular formula is C17H22N2O. The second-order valence-corrected chi connectivity index (χ2v) is 5.42. The Kier molecular flexibility index (Phi) is 4.72. The first-order valence-corrected chi connectivity index (χ1v) is 7.19. The molecule has 20 heavy (non-hydrogen) atoms. The molecule has 2 rings (SSSR count). The molecule has 3 nitrogen and oxygen atoms in total. The lowest BCUT2D eigenvalue weighted by Gasteiger charge is -2.08. The highest BCUT2D eigenvalue weighted by Gasteiger charge is 2.09. The van der Waals surface area contributed by atoms with Crippen molar-refractivity contribution in [2.24, 2.45) is 0 Å². The summed E-state index contributed by atoms with van der Waals surface area (Å²) in [5.41, 5.74) is 3.15. The van der Waals surface area contributed by atoms with Crippen molar-refractivity contribution in [3.05, 3.63) is 53.3 Å². The van der Waals surface area contributed by atoms with Gasteiger partial charge in [-0.2, -0.15) is 5.10 Å². The number of ketones is 1. The van der Waals surface area contributed by atoms with Gasteiger partial charge in [-0.1, -0.05) is 36.8 Å². The van der Waals surface area contributed by atoms with Crippen LogP contribution in [0, 0.1) is 6.92 Å². The van der Waals surface area contributed by atoms with Gasteiger partial charge >= 0.3 is 0 Å². The molecular weight excluding hydrogens is 248 g/mol. The van der Waals surface area contributed by atoms with E-state index in [0.717, 1.165) is 17.7 Å². The SMILES string of the molecule is CCC(C)n1ccc(CC(=O)Cc2ccc(C)cc2)n1. The second-order valence-electron chi connectivity index (χ2n) is 5.42. The van der Waals surface area contributed by atoms with E-state index in [-0.39, 0.29) is 5.78 Å². The number of aromatic nitrogens is 2. The normalized spacial score (nSPS) is 12.3. The molecule has 0 N–H and O–H groups in total. The minimum Gasteiger partial charge on any atom is -0.299 e. The van der Waals surface area contributed by atoms with Crippen molar-refractivity contribution in [2.45, 2.75) is 46.1 Å². The Hall–Kier alpha value is -1.90. The molecule has 3 heteroatoms. The highest BCUT2D eigenvalue weighted by atomic mass is 16.1. The number of rotatable bonds is 6. The summed E-state index contributed by atoms with van der Waals surface area (Å²) in [6, 6.07) is 10.5. The molecule has 0 radical (unpaired) electrons. The molecule has 0 amide bonds. The van der Waals surface area contributed by atoms with E-state index in [0.29, 0.717) is 18.9 Å². The fraction of sp³-hybridized carbons (Fsp3) is 0.412. The van der Waals surface area contributed by atoms with Gasteiger partial charge < -0.3 is 0 Å². The summed E-state index contributed by atoms with van der Waals surface area (Å²) in [6.45, 7) is 6.31. The van der Waals surface area contributed by atoms with Gasteiger partial charge in [0.05, 0.1) is 12.1 Å².